The van der Waals surface area contributed by atoms with E-state index in [0.29, 0.717) is 11.6 Å². The molecule has 0 unspecified atom stereocenters. The zero-order valence-corrected chi connectivity index (χ0v) is 10.4. The average molecular weight is 257 g/mol. The third kappa shape index (κ3) is 3.42. The fourth-order valence-electron chi connectivity index (χ4n) is 1.91. The molecule has 1 N–H and O–H groups in total. The van der Waals surface area contributed by atoms with Gasteiger partial charge in [-0.1, -0.05) is 29.8 Å². The van der Waals surface area contributed by atoms with E-state index >= 15 is 0 Å². The van der Waals surface area contributed by atoms with E-state index in [1.807, 2.05) is 24.3 Å². The minimum absolute atomic E-state index is 0.114. The summed E-state index contributed by atoms with van der Waals surface area (Å²) in [6, 6.07) is 7.57. The third-order valence-electron chi connectivity index (χ3n) is 2.84. The van der Waals surface area contributed by atoms with Gasteiger partial charge in [0.05, 0.1) is 12.7 Å². The molecule has 94 valence electrons. The Bertz CT molecular complexity index is 356. The molecule has 2 atom stereocenters. The van der Waals surface area contributed by atoms with E-state index < -0.39 is 0 Å². The molecular formula is C13H17ClO3. The van der Waals surface area contributed by atoms with Gasteiger partial charge in [0.15, 0.2) is 6.29 Å². The molecule has 1 aliphatic rings. The van der Waals surface area contributed by atoms with Crippen molar-refractivity contribution in [3.63, 3.8) is 0 Å². The van der Waals surface area contributed by atoms with Crippen molar-refractivity contribution in [1.82, 2.24) is 0 Å². The van der Waals surface area contributed by atoms with Gasteiger partial charge in [0.25, 0.3) is 0 Å². The van der Waals surface area contributed by atoms with Crippen LogP contribution in [-0.2, 0) is 9.47 Å². The number of ether oxygens (including phenoxy) is 2. The van der Waals surface area contributed by atoms with E-state index in [1.54, 1.807) is 0 Å². The first-order valence-electron chi connectivity index (χ1n) is 5.93. The Balaban J connectivity index is 1.87. The first-order chi connectivity index (χ1) is 8.31. The second kappa shape index (κ2) is 6.36. The van der Waals surface area contributed by atoms with Crippen molar-refractivity contribution in [3.8, 4) is 0 Å². The number of unbranched alkanes of at least 4 members (excludes halogenated alkanes) is 1. The first kappa shape index (κ1) is 12.8. The van der Waals surface area contributed by atoms with Crippen molar-refractivity contribution in [2.24, 2.45) is 0 Å². The lowest BCUT2D eigenvalue weighted by Crippen LogP contribution is -2.09. The SMILES string of the molecule is OCCCC[C@@H]1CO[C@@H](c2ccccc2Cl)O1. The van der Waals surface area contributed by atoms with Crippen LogP contribution in [0.15, 0.2) is 24.3 Å². The summed E-state index contributed by atoms with van der Waals surface area (Å²) in [5, 5.41) is 9.39. The Kier molecular flexibility index (Phi) is 4.80. The largest absolute Gasteiger partial charge is 0.396 e. The zero-order chi connectivity index (χ0) is 12.1. The molecule has 2 rings (SSSR count). The van der Waals surface area contributed by atoms with E-state index in [2.05, 4.69) is 0 Å². The Morgan fingerprint density at radius 1 is 1.29 bits per heavy atom. The van der Waals surface area contributed by atoms with Crippen molar-refractivity contribution >= 4 is 11.6 Å². The molecule has 0 amide bonds. The second-order valence-corrected chi connectivity index (χ2v) is 4.57. The van der Waals surface area contributed by atoms with Gasteiger partial charge < -0.3 is 14.6 Å². The predicted octanol–water partition coefficient (Wildman–Crippen LogP) is 2.92. The number of halogens is 1. The summed E-state index contributed by atoms with van der Waals surface area (Å²) < 4.78 is 11.4. The van der Waals surface area contributed by atoms with Crippen LogP contribution < -0.4 is 0 Å². The maximum absolute atomic E-state index is 8.72. The normalized spacial score (nSPS) is 24.1. The van der Waals surface area contributed by atoms with Crippen molar-refractivity contribution < 1.29 is 14.6 Å². The smallest absolute Gasteiger partial charge is 0.185 e. The molecule has 17 heavy (non-hydrogen) atoms. The second-order valence-electron chi connectivity index (χ2n) is 4.16. The molecule has 0 bridgehead atoms. The van der Waals surface area contributed by atoms with Crippen molar-refractivity contribution in [2.75, 3.05) is 13.2 Å². The molecule has 0 aliphatic carbocycles. The highest BCUT2D eigenvalue weighted by Crippen LogP contribution is 2.32. The number of hydrogen-bond acceptors (Lipinski definition) is 3. The lowest BCUT2D eigenvalue weighted by Gasteiger charge is -2.12. The first-order valence-corrected chi connectivity index (χ1v) is 6.31. The number of aliphatic hydroxyl groups is 1. The van der Waals surface area contributed by atoms with Gasteiger partial charge in [0, 0.05) is 17.2 Å². The predicted molar refractivity (Wildman–Crippen MR) is 66.0 cm³/mol. The molecule has 1 saturated heterocycles. The van der Waals surface area contributed by atoms with Crippen LogP contribution in [0.25, 0.3) is 0 Å². The van der Waals surface area contributed by atoms with Gasteiger partial charge in [-0.05, 0) is 25.3 Å². The molecule has 1 aromatic carbocycles. The van der Waals surface area contributed by atoms with Crippen LogP contribution in [0.2, 0.25) is 5.02 Å². The molecule has 1 aliphatic heterocycles. The van der Waals surface area contributed by atoms with Crippen LogP contribution >= 0.6 is 11.6 Å². The molecule has 0 spiro atoms. The monoisotopic (exact) mass is 256 g/mol. The zero-order valence-electron chi connectivity index (χ0n) is 9.64. The van der Waals surface area contributed by atoms with Crippen LogP contribution in [0.4, 0.5) is 0 Å². The number of hydrogen-bond donors (Lipinski definition) is 1. The summed E-state index contributed by atoms with van der Waals surface area (Å²) in [7, 11) is 0. The van der Waals surface area contributed by atoms with Crippen LogP contribution in [0.5, 0.6) is 0 Å². The molecule has 0 saturated carbocycles. The Morgan fingerprint density at radius 3 is 2.88 bits per heavy atom. The van der Waals surface area contributed by atoms with Crippen molar-refractivity contribution in [2.45, 2.75) is 31.7 Å². The maximum Gasteiger partial charge on any atom is 0.185 e. The Labute approximate surface area is 106 Å². The Morgan fingerprint density at radius 2 is 2.12 bits per heavy atom. The fourth-order valence-corrected chi connectivity index (χ4v) is 2.14. The summed E-state index contributed by atoms with van der Waals surface area (Å²) in [4.78, 5) is 0. The van der Waals surface area contributed by atoms with Gasteiger partial charge in [-0.3, -0.25) is 0 Å². The average Bonchev–Trinajstić information content (AvgIpc) is 2.79. The summed E-state index contributed by atoms with van der Waals surface area (Å²) in [5.41, 5.74) is 0.888. The minimum Gasteiger partial charge on any atom is -0.396 e. The molecule has 1 fully saturated rings. The van der Waals surface area contributed by atoms with Crippen LogP contribution in [0.1, 0.15) is 31.1 Å². The third-order valence-corrected chi connectivity index (χ3v) is 3.19. The number of rotatable bonds is 5. The van der Waals surface area contributed by atoms with E-state index in [1.165, 1.54) is 0 Å². The summed E-state index contributed by atoms with van der Waals surface area (Å²) in [6.07, 6.45) is 2.46. The summed E-state index contributed by atoms with van der Waals surface area (Å²) in [6.45, 7) is 0.836. The highest BCUT2D eigenvalue weighted by molar-refractivity contribution is 6.31. The quantitative estimate of drug-likeness (QED) is 0.824. The van der Waals surface area contributed by atoms with Crippen LogP contribution in [-0.4, -0.2) is 24.4 Å². The molecule has 4 heteroatoms. The van der Waals surface area contributed by atoms with Gasteiger partial charge in [-0.2, -0.15) is 0 Å². The molecule has 1 aromatic rings. The standard InChI is InChI=1S/C13H17ClO3/c14-12-7-2-1-6-11(12)13-16-9-10(17-13)5-3-4-8-15/h1-2,6-7,10,13,15H,3-5,8-9H2/t10-,13-/m1/s1. The van der Waals surface area contributed by atoms with E-state index in [4.69, 9.17) is 26.2 Å². The summed E-state index contributed by atoms with van der Waals surface area (Å²) >= 11 is 6.09. The lowest BCUT2D eigenvalue weighted by molar-refractivity contribution is -0.0613. The van der Waals surface area contributed by atoms with Crippen LogP contribution in [0, 0.1) is 0 Å². The maximum atomic E-state index is 8.72. The molecular weight excluding hydrogens is 240 g/mol. The highest BCUT2D eigenvalue weighted by Gasteiger charge is 2.27. The molecule has 0 radical (unpaired) electrons. The fraction of sp³-hybridized carbons (Fsp3) is 0.538. The van der Waals surface area contributed by atoms with Gasteiger partial charge in [-0.15, -0.1) is 0 Å². The number of benzene rings is 1. The van der Waals surface area contributed by atoms with Gasteiger partial charge >= 0.3 is 0 Å². The Hall–Kier alpha value is -0.610. The van der Waals surface area contributed by atoms with E-state index in [9.17, 15) is 0 Å². The van der Waals surface area contributed by atoms with E-state index in [0.717, 1.165) is 24.8 Å². The molecule has 3 nitrogen and oxygen atoms in total. The highest BCUT2D eigenvalue weighted by atomic mass is 35.5. The van der Waals surface area contributed by atoms with E-state index in [-0.39, 0.29) is 19.0 Å². The summed E-state index contributed by atoms with van der Waals surface area (Å²) in [5.74, 6) is 0. The van der Waals surface area contributed by atoms with Crippen molar-refractivity contribution in [3.05, 3.63) is 34.9 Å². The van der Waals surface area contributed by atoms with Gasteiger partial charge in [-0.25, -0.2) is 0 Å². The van der Waals surface area contributed by atoms with Crippen molar-refractivity contribution in [1.29, 1.82) is 0 Å². The topological polar surface area (TPSA) is 38.7 Å². The van der Waals surface area contributed by atoms with Gasteiger partial charge in [0.2, 0.25) is 0 Å². The van der Waals surface area contributed by atoms with Crippen LogP contribution in [0.3, 0.4) is 0 Å². The molecule has 0 aromatic heterocycles. The lowest BCUT2D eigenvalue weighted by atomic mass is 10.2. The molecule has 1 heterocycles. The number of aliphatic hydroxyl groups excluding tert-OH is 1. The minimum atomic E-state index is -0.345. The van der Waals surface area contributed by atoms with Gasteiger partial charge in [0.1, 0.15) is 0 Å².